The van der Waals surface area contributed by atoms with Crippen molar-refractivity contribution in [2.24, 2.45) is 0 Å². The summed E-state index contributed by atoms with van der Waals surface area (Å²) in [5.41, 5.74) is 0.799. The molecular weight excluding hydrogens is 193 g/mol. The monoisotopic (exact) mass is 203 g/mol. The Kier molecular flexibility index (Phi) is 1.80. The van der Waals surface area contributed by atoms with Gasteiger partial charge in [0.25, 0.3) is 0 Å². The lowest BCUT2D eigenvalue weighted by molar-refractivity contribution is 0.610. The first-order valence-corrected chi connectivity index (χ1v) is 5.00. The number of fused-ring (bicyclic) bond motifs is 1. The van der Waals surface area contributed by atoms with E-state index in [1.165, 1.54) is 24.9 Å². The van der Waals surface area contributed by atoms with Gasteiger partial charge in [0.1, 0.15) is 18.0 Å². The fraction of sp³-hybridized carbons (Fsp3) is 0.273. The van der Waals surface area contributed by atoms with Gasteiger partial charge in [-0.05, 0) is 24.6 Å². The SMILES string of the molecule is Fc1ccc2ncnc(N3CCC3)c2c1. The Morgan fingerprint density at radius 2 is 2.07 bits per heavy atom. The molecule has 3 nitrogen and oxygen atoms in total. The first kappa shape index (κ1) is 8.59. The minimum Gasteiger partial charge on any atom is -0.356 e. The largest absolute Gasteiger partial charge is 0.356 e. The topological polar surface area (TPSA) is 29.0 Å². The Hall–Kier alpha value is -1.71. The number of aromatic nitrogens is 2. The predicted octanol–water partition coefficient (Wildman–Crippen LogP) is 1.98. The van der Waals surface area contributed by atoms with Crippen LogP contribution in [0.2, 0.25) is 0 Å². The number of halogens is 1. The van der Waals surface area contributed by atoms with Crippen molar-refractivity contribution in [2.45, 2.75) is 6.42 Å². The lowest BCUT2D eigenvalue weighted by Crippen LogP contribution is -2.37. The molecule has 0 radical (unpaired) electrons. The van der Waals surface area contributed by atoms with E-state index in [9.17, 15) is 4.39 Å². The number of hydrogen-bond donors (Lipinski definition) is 0. The molecule has 1 aromatic heterocycles. The van der Waals surface area contributed by atoms with Crippen molar-refractivity contribution in [3.8, 4) is 0 Å². The summed E-state index contributed by atoms with van der Waals surface area (Å²) < 4.78 is 13.1. The average Bonchev–Trinajstić information content (AvgIpc) is 2.16. The normalized spacial score (nSPS) is 15.4. The Labute approximate surface area is 86.6 Å². The van der Waals surface area contributed by atoms with Gasteiger partial charge in [0.15, 0.2) is 0 Å². The van der Waals surface area contributed by atoms with Crippen LogP contribution in [-0.4, -0.2) is 23.1 Å². The van der Waals surface area contributed by atoms with Crippen molar-refractivity contribution in [3.63, 3.8) is 0 Å². The van der Waals surface area contributed by atoms with Gasteiger partial charge in [-0.3, -0.25) is 0 Å². The smallest absolute Gasteiger partial charge is 0.139 e. The molecule has 0 atom stereocenters. The van der Waals surface area contributed by atoms with Crippen molar-refractivity contribution in [1.29, 1.82) is 0 Å². The van der Waals surface area contributed by atoms with Crippen LogP contribution in [0.3, 0.4) is 0 Å². The fourth-order valence-electron chi connectivity index (χ4n) is 1.80. The highest BCUT2D eigenvalue weighted by Crippen LogP contribution is 2.26. The van der Waals surface area contributed by atoms with Crippen LogP contribution >= 0.6 is 0 Å². The minimum absolute atomic E-state index is 0.237. The maximum Gasteiger partial charge on any atom is 0.139 e. The molecule has 3 rings (SSSR count). The van der Waals surface area contributed by atoms with Crippen LogP contribution in [0.4, 0.5) is 10.2 Å². The lowest BCUT2D eigenvalue weighted by Gasteiger charge is -2.32. The Morgan fingerprint density at radius 3 is 2.80 bits per heavy atom. The van der Waals surface area contributed by atoms with Crippen LogP contribution < -0.4 is 4.90 Å². The van der Waals surface area contributed by atoms with E-state index in [2.05, 4.69) is 14.9 Å². The van der Waals surface area contributed by atoms with E-state index < -0.39 is 0 Å². The summed E-state index contributed by atoms with van der Waals surface area (Å²) in [6.07, 6.45) is 2.72. The third kappa shape index (κ3) is 1.33. The zero-order chi connectivity index (χ0) is 10.3. The van der Waals surface area contributed by atoms with Crippen molar-refractivity contribution < 1.29 is 4.39 Å². The quantitative estimate of drug-likeness (QED) is 0.709. The number of rotatable bonds is 1. The molecule has 1 fully saturated rings. The molecule has 0 unspecified atom stereocenters. The van der Waals surface area contributed by atoms with Crippen LogP contribution in [0.15, 0.2) is 24.5 Å². The van der Waals surface area contributed by atoms with E-state index in [1.807, 2.05) is 0 Å². The highest BCUT2D eigenvalue weighted by molar-refractivity contribution is 5.89. The second kappa shape index (κ2) is 3.15. The Balaban J connectivity index is 2.23. The third-order valence-electron chi connectivity index (χ3n) is 2.73. The molecule has 0 saturated carbocycles. The number of benzene rings is 1. The maximum atomic E-state index is 13.1. The van der Waals surface area contributed by atoms with Crippen LogP contribution in [-0.2, 0) is 0 Å². The van der Waals surface area contributed by atoms with Crippen molar-refractivity contribution >= 4 is 16.7 Å². The number of nitrogens with zero attached hydrogens (tertiary/aromatic N) is 3. The molecule has 1 saturated heterocycles. The number of anilines is 1. The van der Waals surface area contributed by atoms with Gasteiger partial charge in [0, 0.05) is 18.5 Å². The summed E-state index contributed by atoms with van der Waals surface area (Å²) >= 11 is 0. The molecule has 0 bridgehead atoms. The molecule has 4 heteroatoms. The molecule has 76 valence electrons. The van der Waals surface area contributed by atoms with Crippen molar-refractivity contribution in [2.75, 3.05) is 18.0 Å². The van der Waals surface area contributed by atoms with E-state index >= 15 is 0 Å². The van der Waals surface area contributed by atoms with Gasteiger partial charge in [0.2, 0.25) is 0 Å². The average molecular weight is 203 g/mol. The van der Waals surface area contributed by atoms with Gasteiger partial charge in [-0.2, -0.15) is 0 Å². The summed E-state index contributed by atoms with van der Waals surface area (Å²) in [5, 5.41) is 0.803. The second-order valence-electron chi connectivity index (χ2n) is 3.70. The van der Waals surface area contributed by atoms with Crippen molar-refractivity contribution in [1.82, 2.24) is 9.97 Å². The van der Waals surface area contributed by atoms with Gasteiger partial charge in [-0.25, -0.2) is 14.4 Å². The number of hydrogen-bond acceptors (Lipinski definition) is 3. The molecule has 0 spiro atoms. The Bertz CT molecular complexity index is 508. The molecule has 1 aromatic carbocycles. The molecule has 1 aliphatic heterocycles. The first-order valence-electron chi connectivity index (χ1n) is 5.00. The van der Waals surface area contributed by atoms with Crippen LogP contribution in [0, 0.1) is 5.82 Å². The summed E-state index contributed by atoms with van der Waals surface area (Å²) in [6, 6.07) is 4.62. The van der Waals surface area contributed by atoms with Gasteiger partial charge in [-0.15, -0.1) is 0 Å². The predicted molar refractivity (Wildman–Crippen MR) is 56.3 cm³/mol. The Morgan fingerprint density at radius 1 is 1.20 bits per heavy atom. The zero-order valence-corrected chi connectivity index (χ0v) is 8.15. The molecular formula is C11H10FN3. The summed E-state index contributed by atoms with van der Waals surface area (Å²) in [7, 11) is 0. The molecule has 2 aromatic rings. The summed E-state index contributed by atoms with van der Waals surface area (Å²) in [5.74, 6) is 0.616. The van der Waals surface area contributed by atoms with E-state index in [-0.39, 0.29) is 5.82 Å². The maximum absolute atomic E-state index is 13.1. The lowest BCUT2D eigenvalue weighted by atomic mass is 10.1. The van der Waals surface area contributed by atoms with E-state index in [1.54, 1.807) is 6.07 Å². The highest BCUT2D eigenvalue weighted by Gasteiger charge is 2.18. The van der Waals surface area contributed by atoms with Gasteiger partial charge >= 0.3 is 0 Å². The van der Waals surface area contributed by atoms with Gasteiger partial charge < -0.3 is 4.90 Å². The van der Waals surface area contributed by atoms with E-state index in [0.29, 0.717) is 0 Å². The third-order valence-corrected chi connectivity index (χ3v) is 2.73. The van der Waals surface area contributed by atoms with Crippen LogP contribution in [0.1, 0.15) is 6.42 Å². The summed E-state index contributed by atoms with van der Waals surface area (Å²) in [4.78, 5) is 10.5. The van der Waals surface area contributed by atoms with E-state index in [0.717, 1.165) is 29.8 Å². The van der Waals surface area contributed by atoms with Gasteiger partial charge in [-0.1, -0.05) is 0 Å². The highest BCUT2D eigenvalue weighted by atomic mass is 19.1. The minimum atomic E-state index is -0.237. The standard InChI is InChI=1S/C11H10FN3/c12-8-2-3-10-9(6-8)11(14-7-13-10)15-4-1-5-15/h2-3,6-7H,1,4-5H2. The first-order chi connectivity index (χ1) is 7.34. The molecule has 2 heterocycles. The molecule has 15 heavy (non-hydrogen) atoms. The fourth-order valence-corrected chi connectivity index (χ4v) is 1.80. The molecule has 0 aliphatic carbocycles. The van der Waals surface area contributed by atoms with Gasteiger partial charge in [0.05, 0.1) is 5.52 Å². The zero-order valence-electron chi connectivity index (χ0n) is 8.15. The molecule has 1 aliphatic rings. The van der Waals surface area contributed by atoms with Crippen LogP contribution in [0.25, 0.3) is 10.9 Å². The summed E-state index contributed by atoms with van der Waals surface area (Å²) in [6.45, 7) is 2.01. The van der Waals surface area contributed by atoms with Crippen LogP contribution in [0.5, 0.6) is 0 Å². The molecule has 0 N–H and O–H groups in total. The van der Waals surface area contributed by atoms with Crippen molar-refractivity contribution in [3.05, 3.63) is 30.3 Å². The molecule has 0 amide bonds. The van der Waals surface area contributed by atoms with E-state index in [4.69, 9.17) is 0 Å². The second-order valence-corrected chi connectivity index (χ2v) is 3.70.